The number of nitrogens with zero attached hydrogens (tertiary/aromatic N) is 3. The first kappa shape index (κ1) is 39.8. The highest BCUT2D eigenvalue weighted by molar-refractivity contribution is 7.54. The molecule has 47 heavy (non-hydrogen) atoms. The van der Waals surface area contributed by atoms with E-state index in [9.17, 15) is 28.4 Å². The van der Waals surface area contributed by atoms with Crippen molar-refractivity contribution in [1.29, 1.82) is 0 Å². The van der Waals surface area contributed by atoms with Crippen molar-refractivity contribution in [3.8, 4) is 12.3 Å². The summed E-state index contributed by atoms with van der Waals surface area (Å²) in [6.07, 6.45) is -0.103. The summed E-state index contributed by atoms with van der Waals surface area (Å²) < 4.78 is 52.6. The third-order valence-corrected chi connectivity index (χ3v) is 8.50. The molecule has 264 valence electrons. The Bertz CT molecular complexity index is 1440. The van der Waals surface area contributed by atoms with Crippen molar-refractivity contribution in [2.75, 3.05) is 25.6 Å². The summed E-state index contributed by atoms with van der Waals surface area (Å²) in [7, 11) is -4.45. The van der Waals surface area contributed by atoms with E-state index in [1.54, 1.807) is 19.8 Å². The zero-order valence-corrected chi connectivity index (χ0v) is 28.7. The van der Waals surface area contributed by atoms with E-state index in [0.717, 1.165) is 0 Å². The number of nitrogen functional groups attached to an aromatic ring is 1. The second kappa shape index (κ2) is 18.2. The first-order chi connectivity index (χ1) is 22.0. The Morgan fingerprint density at radius 3 is 2.11 bits per heavy atom. The lowest BCUT2D eigenvalue weighted by molar-refractivity contribution is -0.146. The van der Waals surface area contributed by atoms with Gasteiger partial charge in [-0.05, 0) is 45.4 Å². The highest BCUT2D eigenvalue weighted by Gasteiger charge is 2.39. The minimum atomic E-state index is -4.45. The summed E-state index contributed by atoms with van der Waals surface area (Å²) >= 11 is 0. The molecule has 2 rings (SSSR count). The Balaban J connectivity index is 2.51. The number of ether oxygens (including phenoxy) is 3. The van der Waals surface area contributed by atoms with Crippen molar-refractivity contribution in [2.45, 2.75) is 98.0 Å². The van der Waals surface area contributed by atoms with Gasteiger partial charge >= 0.3 is 19.6 Å². The van der Waals surface area contributed by atoms with Gasteiger partial charge in [-0.2, -0.15) is 4.98 Å². The van der Waals surface area contributed by atoms with Gasteiger partial charge in [0.15, 0.2) is 17.3 Å². The van der Waals surface area contributed by atoms with Gasteiger partial charge in [0.25, 0.3) is 5.56 Å². The molecule has 0 saturated carbocycles. The summed E-state index contributed by atoms with van der Waals surface area (Å²) in [5.74, 6) is 0.0393. The van der Waals surface area contributed by atoms with Crippen LogP contribution in [0.5, 0.6) is 0 Å². The Kier molecular flexibility index (Phi) is 15.4. The minimum Gasteiger partial charge on any atom is -0.465 e. The van der Waals surface area contributed by atoms with Crippen LogP contribution in [0.15, 0.2) is 11.1 Å². The number of anilines is 1. The number of aliphatic hydroxyl groups is 1. The molecule has 0 radical (unpaired) electrons. The molecule has 0 bridgehead atoms. The Hall–Kier alpha value is -3.39. The lowest BCUT2D eigenvalue weighted by Gasteiger charge is -2.32. The molecule has 6 N–H and O–H groups in total. The van der Waals surface area contributed by atoms with Crippen LogP contribution in [0.4, 0.5) is 10.3 Å². The molecule has 6 atom stereocenters. The van der Waals surface area contributed by atoms with Gasteiger partial charge in [-0.3, -0.25) is 28.5 Å². The van der Waals surface area contributed by atoms with Gasteiger partial charge in [0.2, 0.25) is 5.95 Å². The van der Waals surface area contributed by atoms with Crippen molar-refractivity contribution in [3.63, 3.8) is 0 Å². The van der Waals surface area contributed by atoms with Gasteiger partial charge in [-0.15, -0.1) is 6.42 Å². The average molecular weight is 688 g/mol. The molecule has 2 heterocycles. The molecule has 2 aromatic heterocycles. The Morgan fingerprint density at radius 2 is 1.64 bits per heavy atom. The van der Waals surface area contributed by atoms with Crippen LogP contribution >= 0.6 is 7.67 Å². The summed E-state index contributed by atoms with van der Waals surface area (Å²) in [4.78, 5) is 48.5. The van der Waals surface area contributed by atoms with Crippen molar-refractivity contribution in [1.82, 2.24) is 29.7 Å². The number of hydrogen-bond acceptors (Lipinski definition) is 12. The number of carbonyl (C=O) groups is 2. The second-order valence-corrected chi connectivity index (χ2v) is 13.5. The fraction of sp³-hybridized carbons (Fsp3) is 0.690. The van der Waals surface area contributed by atoms with Crippen molar-refractivity contribution in [2.24, 2.45) is 11.8 Å². The van der Waals surface area contributed by atoms with E-state index >= 15 is 0 Å². The molecule has 2 aromatic rings. The maximum absolute atomic E-state index is 14.7. The summed E-state index contributed by atoms with van der Waals surface area (Å²) in [6, 6.07) is -2.30. The first-order valence-electron chi connectivity index (χ1n) is 15.3. The van der Waals surface area contributed by atoms with Crippen molar-refractivity contribution < 1.29 is 42.4 Å². The van der Waals surface area contributed by atoms with E-state index in [4.69, 9.17) is 30.9 Å². The number of fused-ring (bicyclic) bond motifs is 1. The van der Waals surface area contributed by atoms with E-state index in [1.165, 1.54) is 17.8 Å². The fourth-order valence-corrected chi connectivity index (χ4v) is 6.39. The summed E-state index contributed by atoms with van der Waals surface area (Å²) in [5, 5.41) is 16.2. The Morgan fingerprint density at radius 1 is 1.11 bits per heavy atom. The lowest BCUT2D eigenvalue weighted by Crippen LogP contribution is -2.47. The highest BCUT2D eigenvalue weighted by Crippen LogP contribution is 2.41. The van der Waals surface area contributed by atoms with Crippen LogP contribution in [0.2, 0.25) is 0 Å². The number of hydrogen-bond donors (Lipinski definition) is 5. The zero-order valence-electron chi connectivity index (χ0n) is 27.8. The van der Waals surface area contributed by atoms with Crippen molar-refractivity contribution in [3.05, 3.63) is 16.7 Å². The van der Waals surface area contributed by atoms with Crippen LogP contribution in [-0.4, -0.2) is 86.8 Å². The number of H-pyrrole nitrogens is 1. The van der Waals surface area contributed by atoms with Gasteiger partial charge < -0.3 is 29.6 Å². The number of terminal acetylenes is 1. The number of aromatic amines is 1. The number of imidazole rings is 1. The number of nitrogens with two attached hydrogens (primary N) is 1. The fourth-order valence-electron chi connectivity index (χ4n) is 4.57. The Labute approximate surface area is 273 Å². The van der Waals surface area contributed by atoms with Crippen LogP contribution in [0.25, 0.3) is 11.2 Å². The number of aliphatic hydroxyl groups excluding tert-OH is 1. The average Bonchev–Trinajstić information content (AvgIpc) is 3.42. The second-order valence-electron chi connectivity index (χ2n) is 11.6. The molecular weight excluding hydrogens is 640 g/mol. The van der Waals surface area contributed by atoms with Gasteiger partial charge in [0.05, 0.1) is 26.1 Å². The van der Waals surface area contributed by atoms with Crippen molar-refractivity contribution >= 4 is 36.7 Å². The standard InChI is InChI=1S/C29H47FN7O9P/c1-9-19(30)24(38)22(46-18(8)37-15-32-23-25(37)33-29(31)34-26(23)39)14-45-47(42,35-20(12-16(4)5)27(40)43-10-2)36-21(13-17(6)7)28(41)44-11-3/h1,15-22,24,38H,10-14H2,2-8H3,(H2,35,36,42)(H3,31,33,34,39)/t18?,19?,20?,21?,22-,24?,47?/m1/s1. The molecule has 0 fully saturated rings. The van der Waals surface area contributed by atoms with E-state index in [2.05, 4.69) is 25.1 Å². The summed E-state index contributed by atoms with van der Waals surface area (Å²) in [6.45, 7) is 11.4. The van der Waals surface area contributed by atoms with E-state index in [1.807, 2.05) is 27.7 Å². The van der Waals surface area contributed by atoms with Gasteiger partial charge in [-0.1, -0.05) is 33.6 Å². The van der Waals surface area contributed by atoms with Gasteiger partial charge in [0.1, 0.15) is 30.5 Å². The molecule has 0 aliphatic heterocycles. The zero-order chi connectivity index (χ0) is 35.5. The molecule has 0 aliphatic carbocycles. The molecular formula is C29H47FN7O9P. The molecule has 18 heteroatoms. The van der Waals surface area contributed by atoms with E-state index < -0.39 is 68.5 Å². The van der Waals surface area contributed by atoms with E-state index in [-0.39, 0.29) is 55.0 Å². The number of rotatable bonds is 20. The number of carbonyl (C=O) groups excluding carboxylic acids is 2. The predicted molar refractivity (Wildman–Crippen MR) is 171 cm³/mol. The van der Waals surface area contributed by atoms with E-state index in [0.29, 0.717) is 0 Å². The number of esters is 2. The smallest absolute Gasteiger partial charge is 0.342 e. The third-order valence-electron chi connectivity index (χ3n) is 6.68. The topological polar surface area (TPSA) is 222 Å². The molecule has 0 spiro atoms. The minimum absolute atomic E-state index is 0.0348. The molecule has 0 saturated heterocycles. The predicted octanol–water partition coefficient (Wildman–Crippen LogP) is 2.20. The molecule has 16 nitrogen and oxygen atoms in total. The molecule has 0 amide bonds. The molecule has 0 aliphatic rings. The number of alkyl halides is 1. The maximum atomic E-state index is 14.7. The number of halogens is 1. The van der Waals surface area contributed by atoms with Crippen LogP contribution in [0.1, 0.15) is 67.5 Å². The lowest BCUT2D eigenvalue weighted by atomic mass is 10.1. The highest BCUT2D eigenvalue weighted by atomic mass is 31.2. The number of nitrogens with one attached hydrogen (secondary N) is 3. The van der Waals surface area contributed by atoms with Crippen LogP contribution in [0.3, 0.4) is 0 Å². The third kappa shape index (κ3) is 11.7. The van der Waals surface area contributed by atoms with Crippen LogP contribution < -0.4 is 21.5 Å². The molecule has 0 aromatic carbocycles. The molecule has 5 unspecified atom stereocenters. The van der Waals surface area contributed by atoms with Gasteiger partial charge in [0, 0.05) is 0 Å². The van der Waals surface area contributed by atoms with Gasteiger partial charge in [-0.25, -0.2) is 19.5 Å². The first-order valence-corrected chi connectivity index (χ1v) is 17.0. The quantitative estimate of drug-likeness (QED) is 0.0765. The monoisotopic (exact) mass is 687 g/mol. The van der Waals surface area contributed by atoms with Crippen LogP contribution in [-0.2, 0) is 32.9 Å². The maximum Gasteiger partial charge on any atom is 0.342 e. The normalized spacial score (nSPS) is 17.0. The summed E-state index contributed by atoms with van der Waals surface area (Å²) in [5.41, 5.74) is 5.05. The SMILES string of the molecule is C#CC(F)C(O)[C@@H](COP(=O)(NC(CC(C)C)C(=O)OCC)NC(CC(C)C)C(=O)OCC)OC(C)n1cnc2c(=O)[nH]c(N)nc21. The number of aromatic nitrogens is 4. The largest absolute Gasteiger partial charge is 0.465 e. The van der Waals surface area contributed by atoms with Crippen LogP contribution in [0, 0.1) is 24.2 Å².